The molecule has 0 aliphatic carbocycles. The summed E-state index contributed by atoms with van der Waals surface area (Å²) in [7, 11) is 0. The van der Waals surface area contributed by atoms with E-state index in [1.807, 2.05) is 37.3 Å². The molecule has 5 rings (SSSR count). The molecular formula is C30H24FN3O3. The van der Waals surface area contributed by atoms with Gasteiger partial charge >= 0.3 is 5.69 Å². The van der Waals surface area contributed by atoms with Gasteiger partial charge in [0.2, 0.25) is 5.91 Å². The Morgan fingerprint density at radius 2 is 1.46 bits per heavy atom. The van der Waals surface area contributed by atoms with Gasteiger partial charge < -0.3 is 5.32 Å². The fourth-order valence-corrected chi connectivity index (χ4v) is 4.26. The first-order valence-corrected chi connectivity index (χ1v) is 11.8. The summed E-state index contributed by atoms with van der Waals surface area (Å²) in [5, 5.41) is 3.16. The van der Waals surface area contributed by atoms with Crippen molar-refractivity contribution >= 4 is 22.5 Å². The second-order valence-corrected chi connectivity index (χ2v) is 8.91. The fraction of sp³-hybridized carbons (Fsp3) is 0.100. The highest BCUT2D eigenvalue weighted by molar-refractivity contribution is 5.92. The summed E-state index contributed by atoms with van der Waals surface area (Å²) in [6, 6.07) is 27.3. The number of amides is 1. The summed E-state index contributed by atoms with van der Waals surface area (Å²) in [6.45, 7) is 2.32. The van der Waals surface area contributed by atoms with E-state index in [0.717, 1.165) is 11.1 Å². The topological polar surface area (TPSA) is 73.1 Å². The molecule has 0 saturated carbocycles. The predicted octanol–water partition coefficient (Wildman–Crippen LogP) is 4.83. The average Bonchev–Trinajstić information content (AvgIpc) is 2.90. The molecule has 0 fully saturated rings. The van der Waals surface area contributed by atoms with Crippen LogP contribution < -0.4 is 16.6 Å². The fourth-order valence-electron chi connectivity index (χ4n) is 4.26. The predicted molar refractivity (Wildman–Crippen MR) is 143 cm³/mol. The summed E-state index contributed by atoms with van der Waals surface area (Å²) in [5.74, 6) is -0.641. The smallest absolute Gasteiger partial charge is 0.326 e. The van der Waals surface area contributed by atoms with Gasteiger partial charge in [0.15, 0.2) is 0 Å². The third-order valence-electron chi connectivity index (χ3n) is 6.20. The first-order chi connectivity index (χ1) is 17.9. The number of halogens is 1. The zero-order chi connectivity index (χ0) is 25.9. The minimum Gasteiger partial charge on any atom is -0.326 e. The summed E-state index contributed by atoms with van der Waals surface area (Å²) in [6.07, 6.45) is 0.0852. The number of nitrogens with zero attached hydrogens (tertiary/aromatic N) is 2. The van der Waals surface area contributed by atoms with Crippen LogP contribution in [0, 0.1) is 12.7 Å². The Bertz CT molecular complexity index is 1700. The highest BCUT2D eigenvalue weighted by Crippen LogP contribution is 2.15. The maximum absolute atomic E-state index is 13.6. The van der Waals surface area contributed by atoms with Gasteiger partial charge in [-0.25, -0.2) is 13.8 Å². The largest absolute Gasteiger partial charge is 0.336 e. The minimum atomic E-state index is -0.439. The van der Waals surface area contributed by atoms with Crippen LogP contribution in [0.3, 0.4) is 0 Å². The van der Waals surface area contributed by atoms with Gasteiger partial charge in [0.05, 0.1) is 29.6 Å². The van der Waals surface area contributed by atoms with Crippen molar-refractivity contribution in [2.75, 3.05) is 5.32 Å². The lowest BCUT2D eigenvalue weighted by Gasteiger charge is -2.15. The van der Waals surface area contributed by atoms with Gasteiger partial charge in [-0.05, 0) is 66.6 Å². The summed E-state index contributed by atoms with van der Waals surface area (Å²) < 4.78 is 15.8. The molecular weight excluding hydrogens is 469 g/mol. The number of carbonyl (C=O) groups excluding carboxylic acids is 1. The quantitative estimate of drug-likeness (QED) is 0.368. The Hall–Kier alpha value is -4.78. The molecule has 5 aromatic rings. The molecule has 0 unspecified atom stereocenters. The van der Waals surface area contributed by atoms with Crippen LogP contribution in [-0.4, -0.2) is 15.0 Å². The van der Waals surface area contributed by atoms with Crippen molar-refractivity contribution in [3.05, 3.63) is 140 Å². The summed E-state index contributed by atoms with van der Waals surface area (Å²) in [5.41, 5.74) is 3.43. The van der Waals surface area contributed by atoms with Gasteiger partial charge in [-0.1, -0.05) is 54.1 Å². The van der Waals surface area contributed by atoms with Gasteiger partial charge in [-0.3, -0.25) is 14.2 Å². The molecule has 1 heterocycles. The number of rotatable bonds is 6. The maximum atomic E-state index is 13.6. The van der Waals surface area contributed by atoms with E-state index >= 15 is 0 Å². The van der Waals surface area contributed by atoms with Crippen LogP contribution in [0.2, 0.25) is 0 Å². The molecule has 184 valence electrons. The molecule has 0 radical (unpaired) electrons. The normalized spacial score (nSPS) is 11.0. The Balaban J connectivity index is 1.47. The highest BCUT2D eigenvalue weighted by Gasteiger charge is 2.15. The first-order valence-electron chi connectivity index (χ1n) is 11.8. The number of carbonyl (C=O) groups is 1. The van der Waals surface area contributed by atoms with Gasteiger partial charge in [-0.2, -0.15) is 0 Å². The van der Waals surface area contributed by atoms with E-state index in [9.17, 15) is 18.8 Å². The molecule has 6 nitrogen and oxygen atoms in total. The van der Waals surface area contributed by atoms with Crippen molar-refractivity contribution in [2.24, 2.45) is 0 Å². The molecule has 1 amide bonds. The van der Waals surface area contributed by atoms with Gasteiger partial charge in [0.1, 0.15) is 5.82 Å². The second kappa shape index (κ2) is 10.1. The number of nitrogens with one attached hydrogen (secondary N) is 1. The summed E-state index contributed by atoms with van der Waals surface area (Å²) >= 11 is 0. The Labute approximate surface area is 212 Å². The van der Waals surface area contributed by atoms with Gasteiger partial charge in [0.25, 0.3) is 5.56 Å². The number of para-hydroxylation sites is 1. The number of anilines is 1. The van der Waals surface area contributed by atoms with E-state index in [0.29, 0.717) is 34.4 Å². The molecule has 1 aromatic heterocycles. The van der Waals surface area contributed by atoms with Crippen LogP contribution in [0.1, 0.15) is 16.7 Å². The SMILES string of the molecule is Cc1ccc(Cn2c(=O)n(-c3ccc(CC(=O)Nc4ccc(F)cc4)cc3)c(=O)c3ccccc32)cc1. The number of hydrogen-bond donors (Lipinski definition) is 1. The molecule has 7 heteroatoms. The van der Waals surface area contributed by atoms with E-state index in [1.165, 1.54) is 28.8 Å². The van der Waals surface area contributed by atoms with Crippen LogP contribution in [0.25, 0.3) is 16.6 Å². The van der Waals surface area contributed by atoms with E-state index in [-0.39, 0.29) is 18.1 Å². The number of hydrogen-bond acceptors (Lipinski definition) is 3. The molecule has 0 aliphatic rings. The van der Waals surface area contributed by atoms with Crippen molar-refractivity contribution in [3.63, 3.8) is 0 Å². The zero-order valence-electron chi connectivity index (χ0n) is 20.1. The molecule has 0 atom stereocenters. The number of benzene rings is 4. The molecule has 4 aromatic carbocycles. The molecule has 1 N–H and O–H groups in total. The molecule has 0 spiro atoms. The third-order valence-corrected chi connectivity index (χ3v) is 6.20. The van der Waals surface area contributed by atoms with E-state index in [2.05, 4.69) is 5.32 Å². The van der Waals surface area contributed by atoms with E-state index in [1.54, 1.807) is 47.0 Å². The van der Waals surface area contributed by atoms with E-state index in [4.69, 9.17) is 0 Å². The van der Waals surface area contributed by atoms with Crippen LogP contribution in [-0.2, 0) is 17.8 Å². The second-order valence-electron chi connectivity index (χ2n) is 8.91. The maximum Gasteiger partial charge on any atom is 0.336 e. The zero-order valence-corrected chi connectivity index (χ0v) is 20.1. The highest BCUT2D eigenvalue weighted by atomic mass is 19.1. The standard InChI is InChI=1S/C30H24FN3O3/c1-20-6-8-22(9-7-20)19-33-27-5-3-2-4-26(27)29(36)34(30(33)37)25-16-10-21(11-17-25)18-28(35)32-24-14-12-23(31)13-15-24/h2-17H,18-19H2,1H3,(H,32,35). The van der Waals surface area contributed by atoms with Crippen LogP contribution >= 0.6 is 0 Å². The monoisotopic (exact) mass is 493 g/mol. The lowest BCUT2D eigenvalue weighted by Crippen LogP contribution is -2.39. The summed E-state index contributed by atoms with van der Waals surface area (Å²) in [4.78, 5) is 39.4. The number of aryl methyl sites for hydroxylation is 1. The van der Waals surface area contributed by atoms with Crippen molar-refractivity contribution < 1.29 is 9.18 Å². The number of fused-ring (bicyclic) bond motifs is 1. The minimum absolute atomic E-state index is 0.0852. The number of aromatic nitrogens is 2. The molecule has 0 bridgehead atoms. The first kappa shape index (κ1) is 23.9. The molecule has 37 heavy (non-hydrogen) atoms. The van der Waals surface area contributed by atoms with Gasteiger partial charge in [0, 0.05) is 5.69 Å². The van der Waals surface area contributed by atoms with Crippen LogP contribution in [0.15, 0.2) is 107 Å². The average molecular weight is 494 g/mol. The lowest BCUT2D eigenvalue weighted by atomic mass is 10.1. The van der Waals surface area contributed by atoms with Crippen molar-refractivity contribution in [1.29, 1.82) is 0 Å². The van der Waals surface area contributed by atoms with Crippen molar-refractivity contribution in [3.8, 4) is 5.69 Å². The van der Waals surface area contributed by atoms with Crippen molar-refractivity contribution in [1.82, 2.24) is 9.13 Å². The van der Waals surface area contributed by atoms with Gasteiger partial charge in [-0.15, -0.1) is 0 Å². The van der Waals surface area contributed by atoms with E-state index < -0.39 is 11.2 Å². The van der Waals surface area contributed by atoms with Crippen molar-refractivity contribution in [2.45, 2.75) is 19.9 Å². The Kier molecular flexibility index (Phi) is 6.51. The Morgan fingerprint density at radius 3 is 2.16 bits per heavy atom. The molecule has 0 saturated heterocycles. The molecule has 0 aliphatic heterocycles. The van der Waals surface area contributed by atoms with Crippen LogP contribution in [0.4, 0.5) is 10.1 Å². The third kappa shape index (κ3) is 5.11. The van der Waals surface area contributed by atoms with Crippen LogP contribution in [0.5, 0.6) is 0 Å². The Morgan fingerprint density at radius 1 is 0.811 bits per heavy atom. The lowest BCUT2D eigenvalue weighted by molar-refractivity contribution is -0.115.